The summed E-state index contributed by atoms with van der Waals surface area (Å²) in [5.74, 6) is 2.07. The van der Waals surface area contributed by atoms with E-state index in [1.165, 1.54) is 0 Å². The SMILES string of the molecule is COc1cccc(-c2noc([C@@H]3CCCN3)n2)c1. The molecule has 5 heteroatoms. The van der Waals surface area contributed by atoms with Crippen LogP contribution in [-0.4, -0.2) is 23.8 Å². The van der Waals surface area contributed by atoms with Gasteiger partial charge in [-0.25, -0.2) is 0 Å². The van der Waals surface area contributed by atoms with Crippen LogP contribution in [0.3, 0.4) is 0 Å². The van der Waals surface area contributed by atoms with Crippen molar-refractivity contribution in [2.24, 2.45) is 0 Å². The molecule has 0 unspecified atom stereocenters. The molecule has 2 heterocycles. The Morgan fingerprint density at radius 3 is 3.17 bits per heavy atom. The van der Waals surface area contributed by atoms with E-state index < -0.39 is 0 Å². The average molecular weight is 245 g/mol. The van der Waals surface area contributed by atoms with E-state index in [1.807, 2.05) is 24.3 Å². The lowest BCUT2D eigenvalue weighted by Crippen LogP contribution is -2.12. The second-order valence-corrected chi connectivity index (χ2v) is 4.34. The van der Waals surface area contributed by atoms with Crippen molar-refractivity contribution in [3.63, 3.8) is 0 Å². The van der Waals surface area contributed by atoms with Crippen LogP contribution in [0.2, 0.25) is 0 Å². The van der Waals surface area contributed by atoms with Crippen molar-refractivity contribution in [1.82, 2.24) is 15.5 Å². The van der Waals surface area contributed by atoms with E-state index in [0.717, 1.165) is 30.7 Å². The number of methoxy groups -OCH3 is 1. The molecular weight excluding hydrogens is 230 g/mol. The van der Waals surface area contributed by atoms with Crippen molar-refractivity contribution in [3.05, 3.63) is 30.2 Å². The van der Waals surface area contributed by atoms with Crippen LogP contribution in [0, 0.1) is 0 Å². The first-order valence-corrected chi connectivity index (χ1v) is 6.08. The lowest BCUT2D eigenvalue weighted by molar-refractivity contribution is 0.345. The molecule has 2 aromatic rings. The van der Waals surface area contributed by atoms with Gasteiger partial charge < -0.3 is 14.6 Å². The highest BCUT2D eigenvalue weighted by atomic mass is 16.5. The minimum Gasteiger partial charge on any atom is -0.497 e. The van der Waals surface area contributed by atoms with Crippen LogP contribution < -0.4 is 10.1 Å². The molecule has 0 radical (unpaired) electrons. The predicted molar refractivity (Wildman–Crippen MR) is 66.3 cm³/mol. The van der Waals surface area contributed by atoms with E-state index in [4.69, 9.17) is 9.26 Å². The standard InChI is InChI=1S/C13H15N3O2/c1-17-10-5-2-4-9(8-10)12-15-13(18-16-12)11-6-3-7-14-11/h2,4-5,8,11,14H,3,6-7H2,1H3/t11-/m0/s1. The lowest BCUT2D eigenvalue weighted by Gasteiger charge is -2.02. The second-order valence-electron chi connectivity index (χ2n) is 4.34. The molecule has 1 atom stereocenters. The van der Waals surface area contributed by atoms with Crippen molar-refractivity contribution in [2.75, 3.05) is 13.7 Å². The van der Waals surface area contributed by atoms with Gasteiger partial charge in [-0.1, -0.05) is 17.3 Å². The molecule has 94 valence electrons. The number of aromatic nitrogens is 2. The van der Waals surface area contributed by atoms with Gasteiger partial charge in [0.1, 0.15) is 5.75 Å². The zero-order valence-electron chi connectivity index (χ0n) is 10.2. The third-order valence-corrected chi connectivity index (χ3v) is 3.13. The summed E-state index contributed by atoms with van der Waals surface area (Å²) in [7, 11) is 1.64. The molecule has 0 bridgehead atoms. The van der Waals surface area contributed by atoms with Crippen LogP contribution >= 0.6 is 0 Å². The van der Waals surface area contributed by atoms with Gasteiger partial charge in [0.25, 0.3) is 0 Å². The molecule has 0 aliphatic carbocycles. The van der Waals surface area contributed by atoms with Gasteiger partial charge >= 0.3 is 0 Å². The molecule has 1 aromatic heterocycles. The molecule has 0 spiro atoms. The molecule has 5 nitrogen and oxygen atoms in total. The van der Waals surface area contributed by atoms with Crippen molar-refractivity contribution in [2.45, 2.75) is 18.9 Å². The first-order chi connectivity index (χ1) is 8.86. The van der Waals surface area contributed by atoms with E-state index in [0.29, 0.717) is 11.7 Å². The summed E-state index contributed by atoms with van der Waals surface area (Å²) in [5, 5.41) is 7.36. The number of nitrogens with one attached hydrogen (secondary N) is 1. The third-order valence-electron chi connectivity index (χ3n) is 3.13. The molecule has 1 fully saturated rings. The number of ether oxygens (including phenoxy) is 1. The minimum atomic E-state index is 0.205. The Morgan fingerprint density at radius 2 is 2.39 bits per heavy atom. The monoisotopic (exact) mass is 245 g/mol. The van der Waals surface area contributed by atoms with Crippen LogP contribution in [0.4, 0.5) is 0 Å². The summed E-state index contributed by atoms with van der Waals surface area (Å²) in [6, 6.07) is 7.86. The van der Waals surface area contributed by atoms with Gasteiger partial charge in [-0.3, -0.25) is 0 Å². The maximum atomic E-state index is 5.31. The molecule has 1 aliphatic heterocycles. The average Bonchev–Trinajstić information content (AvgIpc) is 3.09. The minimum absolute atomic E-state index is 0.205. The normalized spacial score (nSPS) is 19.1. The van der Waals surface area contributed by atoms with Crippen LogP contribution in [0.25, 0.3) is 11.4 Å². The highest BCUT2D eigenvalue weighted by Gasteiger charge is 2.22. The second kappa shape index (κ2) is 4.78. The van der Waals surface area contributed by atoms with Gasteiger partial charge in [0, 0.05) is 5.56 Å². The fourth-order valence-electron chi connectivity index (χ4n) is 2.15. The molecular formula is C13H15N3O2. The van der Waals surface area contributed by atoms with Crippen LogP contribution in [0.1, 0.15) is 24.8 Å². The lowest BCUT2D eigenvalue weighted by atomic mass is 10.2. The predicted octanol–water partition coefficient (Wildman–Crippen LogP) is 2.17. The number of nitrogens with zero attached hydrogens (tertiary/aromatic N) is 2. The first-order valence-electron chi connectivity index (χ1n) is 6.08. The number of hydrogen-bond acceptors (Lipinski definition) is 5. The molecule has 1 saturated heterocycles. The molecule has 0 amide bonds. The third kappa shape index (κ3) is 2.09. The van der Waals surface area contributed by atoms with Gasteiger partial charge in [0.15, 0.2) is 0 Å². The van der Waals surface area contributed by atoms with Gasteiger partial charge in [0.2, 0.25) is 11.7 Å². The summed E-state index contributed by atoms with van der Waals surface area (Å²) in [6.07, 6.45) is 2.21. The Balaban J connectivity index is 1.87. The Hall–Kier alpha value is -1.88. The van der Waals surface area contributed by atoms with Crippen LogP contribution in [0.15, 0.2) is 28.8 Å². The van der Waals surface area contributed by atoms with Gasteiger partial charge in [-0.05, 0) is 31.5 Å². The Kier molecular flexibility index (Phi) is 2.98. The van der Waals surface area contributed by atoms with Crippen LogP contribution in [-0.2, 0) is 0 Å². The smallest absolute Gasteiger partial charge is 0.244 e. The summed E-state index contributed by atoms with van der Waals surface area (Å²) in [4.78, 5) is 4.44. The number of rotatable bonds is 3. The highest BCUT2D eigenvalue weighted by Crippen LogP contribution is 2.25. The van der Waals surface area contributed by atoms with Gasteiger partial charge in [-0.2, -0.15) is 4.98 Å². The Labute approximate surface area is 105 Å². The van der Waals surface area contributed by atoms with Crippen molar-refractivity contribution in [1.29, 1.82) is 0 Å². The molecule has 0 saturated carbocycles. The zero-order valence-corrected chi connectivity index (χ0v) is 10.2. The van der Waals surface area contributed by atoms with Crippen molar-refractivity contribution in [3.8, 4) is 17.1 Å². The molecule has 18 heavy (non-hydrogen) atoms. The largest absolute Gasteiger partial charge is 0.497 e. The van der Waals surface area contributed by atoms with Gasteiger partial charge in [0.05, 0.1) is 13.2 Å². The molecule has 1 N–H and O–H groups in total. The van der Waals surface area contributed by atoms with Crippen molar-refractivity contribution >= 4 is 0 Å². The van der Waals surface area contributed by atoms with E-state index in [-0.39, 0.29) is 6.04 Å². The maximum absolute atomic E-state index is 5.31. The molecule has 1 aromatic carbocycles. The molecule has 3 rings (SSSR count). The molecule has 1 aliphatic rings. The topological polar surface area (TPSA) is 60.2 Å². The van der Waals surface area contributed by atoms with Crippen molar-refractivity contribution < 1.29 is 9.26 Å². The zero-order chi connectivity index (χ0) is 12.4. The quantitative estimate of drug-likeness (QED) is 0.898. The number of benzene rings is 1. The first kappa shape index (κ1) is 11.2. The van der Waals surface area contributed by atoms with Gasteiger partial charge in [-0.15, -0.1) is 0 Å². The summed E-state index contributed by atoms with van der Waals surface area (Å²) < 4.78 is 10.5. The van der Waals surface area contributed by atoms with E-state index in [1.54, 1.807) is 7.11 Å². The Bertz CT molecular complexity index is 533. The summed E-state index contributed by atoms with van der Waals surface area (Å²) >= 11 is 0. The van der Waals surface area contributed by atoms with Crippen LogP contribution in [0.5, 0.6) is 5.75 Å². The fourth-order valence-corrected chi connectivity index (χ4v) is 2.15. The van der Waals surface area contributed by atoms with E-state index >= 15 is 0 Å². The Morgan fingerprint density at radius 1 is 1.44 bits per heavy atom. The summed E-state index contributed by atoms with van der Waals surface area (Å²) in [5.41, 5.74) is 0.905. The number of hydrogen-bond donors (Lipinski definition) is 1. The maximum Gasteiger partial charge on any atom is 0.244 e. The van der Waals surface area contributed by atoms with E-state index in [9.17, 15) is 0 Å². The highest BCUT2D eigenvalue weighted by molar-refractivity contribution is 5.56. The summed E-state index contributed by atoms with van der Waals surface area (Å²) in [6.45, 7) is 1.02. The van der Waals surface area contributed by atoms with E-state index in [2.05, 4.69) is 15.5 Å². The fraction of sp³-hybridized carbons (Fsp3) is 0.385.